The number of nitrogens with zero attached hydrogens (tertiary/aromatic N) is 1. The number of ether oxygens (including phenoxy) is 1. The van der Waals surface area contributed by atoms with Crippen molar-refractivity contribution in [2.24, 2.45) is 5.41 Å². The summed E-state index contributed by atoms with van der Waals surface area (Å²) in [5.74, 6) is -0.933. The van der Waals surface area contributed by atoms with Crippen molar-refractivity contribution in [3.05, 3.63) is 29.6 Å². The Bertz CT molecular complexity index is 521. The smallest absolute Gasteiger partial charge is 0.339 e. The fraction of sp³-hybridized carbons (Fsp3) is 0.467. The number of nitrogens with one attached hydrogen (secondary N) is 1. The van der Waals surface area contributed by atoms with Crippen LogP contribution in [0.5, 0.6) is 0 Å². The molecule has 1 N–H and O–H groups in total. The van der Waals surface area contributed by atoms with Crippen molar-refractivity contribution in [3.8, 4) is 6.07 Å². The van der Waals surface area contributed by atoms with Crippen molar-refractivity contribution in [1.82, 2.24) is 0 Å². The minimum Gasteiger partial charge on any atom is -0.465 e. The van der Waals surface area contributed by atoms with Gasteiger partial charge in [0.1, 0.15) is 5.82 Å². The minimum atomic E-state index is -0.512. The average molecular weight is 278 g/mol. The average Bonchev–Trinajstić information content (AvgIpc) is 2.42. The predicted molar refractivity (Wildman–Crippen MR) is 74.9 cm³/mol. The first kappa shape index (κ1) is 16.0. The summed E-state index contributed by atoms with van der Waals surface area (Å²) in [6.45, 7) is 4.55. The number of carbonyl (C=O) groups excluding carboxylic acids is 1. The van der Waals surface area contributed by atoms with Gasteiger partial charge in [0.15, 0.2) is 0 Å². The lowest BCUT2D eigenvalue weighted by atomic mass is 9.88. The van der Waals surface area contributed by atoms with E-state index in [1.165, 1.54) is 25.3 Å². The molecule has 0 aliphatic heterocycles. The van der Waals surface area contributed by atoms with Gasteiger partial charge in [0.05, 0.1) is 24.4 Å². The van der Waals surface area contributed by atoms with Crippen LogP contribution in [0.1, 0.15) is 37.0 Å². The van der Waals surface area contributed by atoms with Gasteiger partial charge in [-0.25, -0.2) is 9.18 Å². The Balaban J connectivity index is 2.84. The summed E-state index contributed by atoms with van der Waals surface area (Å²) in [6.07, 6.45) is 1.18. The lowest BCUT2D eigenvalue weighted by Crippen LogP contribution is -2.24. The van der Waals surface area contributed by atoms with Crippen molar-refractivity contribution in [2.75, 3.05) is 19.0 Å². The molecule has 0 heterocycles. The first-order chi connectivity index (χ1) is 9.39. The molecule has 4 nitrogen and oxygen atoms in total. The summed E-state index contributed by atoms with van der Waals surface area (Å²) < 4.78 is 18.0. The van der Waals surface area contributed by atoms with E-state index in [1.54, 1.807) is 0 Å². The molecule has 0 saturated heterocycles. The van der Waals surface area contributed by atoms with E-state index < -0.39 is 11.8 Å². The monoisotopic (exact) mass is 278 g/mol. The summed E-state index contributed by atoms with van der Waals surface area (Å²) in [4.78, 5) is 11.6. The van der Waals surface area contributed by atoms with Gasteiger partial charge in [-0.15, -0.1) is 0 Å². The molecular weight excluding hydrogens is 259 g/mol. The third-order valence-electron chi connectivity index (χ3n) is 3.06. The Morgan fingerprint density at radius 2 is 2.20 bits per heavy atom. The van der Waals surface area contributed by atoms with Crippen molar-refractivity contribution in [2.45, 2.75) is 26.7 Å². The van der Waals surface area contributed by atoms with E-state index >= 15 is 0 Å². The molecule has 0 radical (unpaired) electrons. The quantitative estimate of drug-likeness (QED) is 0.810. The zero-order chi connectivity index (χ0) is 15.2. The maximum atomic E-state index is 13.3. The third kappa shape index (κ3) is 4.54. The number of carbonyl (C=O) groups is 1. The van der Waals surface area contributed by atoms with E-state index in [-0.39, 0.29) is 5.41 Å². The summed E-state index contributed by atoms with van der Waals surface area (Å²) in [5.41, 5.74) is 0.571. The van der Waals surface area contributed by atoms with Gasteiger partial charge in [0.2, 0.25) is 0 Å². The second-order valence-corrected chi connectivity index (χ2v) is 5.36. The molecule has 0 fully saturated rings. The Labute approximate surface area is 118 Å². The molecule has 0 aliphatic carbocycles. The second-order valence-electron chi connectivity index (χ2n) is 5.36. The Morgan fingerprint density at radius 3 is 2.80 bits per heavy atom. The first-order valence-corrected chi connectivity index (χ1v) is 6.38. The summed E-state index contributed by atoms with van der Waals surface area (Å²) >= 11 is 0. The SMILES string of the molecule is COC(=O)c1ccc(F)cc1NCC(C)(C)CCC#N. The Hall–Kier alpha value is -2.09. The van der Waals surface area contributed by atoms with Gasteiger partial charge < -0.3 is 10.1 Å². The molecule has 0 atom stereocenters. The number of anilines is 1. The number of rotatable bonds is 6. The van der Waals surface area contributed by atoms with Crippen molar-refractivity contribution in [3.63, 3.8) is 0 Å². The molecule has 0 unspecified atom stereocenters. The molecule has 1 rings (SSSR count). The van der Waals surface area contributed by atoms with E-state index in [4.69, 9.17) is 5.26 Å². The highest BCUT2D eigenvalue weighted by molar-refractivity contribution is 5.95. The highest BCUT2D eigenvalue weighted by Gasteiger charge is 2.19. The summed E-state index contributed by atoms with van der Waals surface area (Å²) in [5, 5.41) is 11.7. The lowest BCUT2D eigenvalue weighted by Gasteiger charge is -2.25. The fourth-order valence-electron chi connectivity index (χ4n) is 1.77. The van der Waals surface area contributed by atoms with Crippen LogP contribution in [0, 0.1) is 22.6 Å². The van der Waals surface area contributed by atoms with Crippen LogP contribution in [0.4, 0.5) is 10.1 Å². The summed E-state index contributed by atoms with van der Waals surface area (Å²) in [7, 11) is 1.28. The van der Waals surface area contributed by atoms with Crippen LogP contribution in [0.25, 0.3) is 0 Å². The van der Waals surface area contributed by atoms with E-state index in [9.17, 15) is 9.18 Å². The zero-order valence-electron chi connectivity index (χ0n) is 12.0. The van der Waals surface area contributed by atoms with Crippen LogP contribution in [-0.2, 0) is 4.74 Å². The standard InChI is InChI=1S/C15H19FN2O2/c1-15(2,7-4-8-17)10-18-13-9-11(16)5-6-12(13)14(19)20-3/h5-6,9,18H,4,7,10H2,1-3H3. The number of benzene rings is 1. The van der Waals surface area contributed by atoms with E-state index in [0.717, 1.165) is 6.42 Å². The van der Waals surface area contributed by atoms with E-state index in [2.05, 4.69) is 16.1 Å². The van der Waals surface area contributed by atoms with Crippen LogP contribution in [0.3, 0.4) is 0 Å². The van der Waals surface area contributed by atoms with Crippen molar-refractivity contribution >= 4 is 11.7 Å². The first-order valence-electron chi connectivity index (χ1n) is 6.38. The maximum absolute atomic E-state index is 13.3. The van der Waals surface area contributed by atoms with Crippen LogP contribution >= 0.6 is 0 Å². The Kier molecular flexibility index (Phi) is 5.51. The third-order valence-corrected chi connectivity index (χ3v) is 3.06. The number of hydrogen-bond acceptors (Lipinski definition) is 4. The largest absolute Gasteiger partial charge is 0.465 e. The van der Waals surface area contributed by atoms with Crippen LogP contribution in [0.15, 0.2) is 18.2 Å². The molecule has 0 bridgehead atoms. The fourth-order valence-corrected chi connectivity index (χ4v) is 1.77. The molecule has 108 valence electrons. The van der Waals surface area contributed by atoms with Crippen LogP contribution in [-0.4, -0.2) is 19.6 Å². The number of methoxy groups -OCH3 is 1. The predicted octanol–water partition coefficient (Wildman–Crippen LogP) is 3.35. The molecular formula is C15H19FN2O2. The zero-order valence-corrected chi connectivity index (χ0v) is 12.0. The van der Waals surface area contributed by atoms with E-state index in [1.807, 2.05) is 13.8 Å². The molecule has 0 aromatic heterocycles. The molecule has 0 aliphatic rings. The summed E-state index contributed by atoms with van der Waals surface area (Å²) in [6, 6.07) is 5.99. The highest BCUT2D eigenvalue weighted by Crippen LogP contribution is 2.25. The van der Waals surface area contributed by atoms with Crippen molar-refractivity contribution < 1.29 is 13.9 Å². The molecule has 1 aromatic rings. The van der Waals surface area contributed by atoms with Gasteiger partial charge in [-0.3, -0.25) is 0 Å². The van der Waals surface area contributed by atoms with Crippen molar-refractivity contribution in [1.29, 1.82) is 5.26 Å². The van der Waals surface area contributed by atoms with E-state index in [0.29, 0.717) is 24.2 Å². The minimum absolute atomic E-state index is 0.130. The molecule has 1 aromatic carbocycles. The van der Waals surface area contributed by atoms with Gasteiger partial charge in [0.25, 0.3) is 0 Å². The van der Waals surface area contributed by atoms with Gasteiger partial charge in [-0.1, -0.05) is 13.8 Å². The number of hydrogen-bond donors (Lipinski definition) is 1. The van der Waals surface area contributed by atoms with Crippen LogP contribution < -0.4 is 5.32 Å². The van der Waals surface area contributed by atoms with Gasteiger partial charge in [-0.2, -0.15) is 5.26 Å². The highest BCUT2D eigenvalue weighted by atomic mass is 19.1. The topological polar surface area (TPSA) is 62.1 Å². The van der Waals surface area contributed by atoms with Crippen LogP contribution in [0.2, 0.25) is 0 Å². The Morgan fingerprint density at radius 1 is 1.50 bits per heavy atom. The molecule has 0 spiro atoms. The maximum Gasteiger partial charge on any atom is 0.339 e. The lowest BCUT2D eigenvalue weighted by molar-refractivity contribution is 0.0601. The number of halogens is 1. The molecule has 20 heavy (non-hydrogen) atoms. The second kappa shape index (κ2) is 6.90. The molecule has 0 amide bonds. The van der Waals surface area contributed by atoms with Gasteiger partial charge in [-0.05, 0) is 30.0 Å². The molecule has 5 heteroatoms. The number of esters is 1. The normalized spacial score (nSPS) is 10.8. The number of nitriles is 1. The van der Waals surface area contributed by atoms with Gasteiger partial charge >= 0.3 is 5.97 Å². The van der Waals surface area contributed by atoms with Gasteiger partial charge in [0, 0.05) is 13.0 Å². The molecule has 0 saturated carbocycles.